The van der Waals surface area contributed by atoms with E-state index >= 15 is 0 Å². The molecule has 124 valence electrons. The predicted molar refractivity (Wildman–Crippen MR) is 92.6 cm³/mol. The van der Waals surface area contributed by atoms with Crippen LogP contribution < -0.4 is 5.32 Å². The summed E-state index contributed by atoms with van der Waals surface area (Å²) in [7, 11) is 2.16. The van der Waals surface area contributed by atoms with Gasteiger partial charge in [0.25, 0.3) is 0 Å². The molecular weight excluding hydrogens is 256 g/mol. The van der Waals surface area contributed by atoms with Crippen molar-refractivity contribution < 1.29 is 0 Å². The summed E-state index contributed by atoms with van der Waals surface area (Å²) in [5, 5.41) is 3.61. The van der Waals surface area contributed by atoms with E-state index in [-0.39, 0.29) is 0 Å². The monoisotopic (exact) mass is 294 g/mol. The van der Waals surface area contributed by atoms with Gasteiger partial charge >= 0.3 is 0 Å². The van der Waals surface area contributed by atoms with Gasteiger partial charge in [0.2, 0.25) is 0 Å². The zero-order valence-electron chi connectivity index (χ0n) is 15.3. The molecule has 1 aliphatic heterocycles. The fraction of sp³-hybridized carbons (Fsp3) is 1.00. The Kier molecular flexibility index (Phi) is 5.41. The Hall–Kier alpha value is -0.0800. The maximum atomic E-state index is 3.61. The Morgan fingerprint density at radius 1 is 1.19 bits per heavy atom. The number of rotatable bonds is 3. The Balaban J connectivity index is 1.97. The van der Waals surface area contributed by atoms with Gasteiger partial charge < -0.3 is 10.2 Å². The summed E-state index contributed by atoms with van der Waals surface area (Å²) >= 11 is 0. The Morgan fingerprint density at radius 3 is 2.48 bits per heavy atom. The molecule has 2 fully saturated rings. The standard InChI is InChI=1S/C19H38N2/c1-18(2,3)16-8-9-17(20-6)15(12-16)13-21-11-7-10-19(4,5)14-21/h15-17,20H,7-14H2,1-6H3. The van der Waals surface area contributed by atoms with Crippen LogP contribution in [-0.2, 0) is 0 Å². The van der Waals surface area contributed by atoms with Gasteiger partial charge in [-0.2, -0.15) is 0 Å². The predicted octanol–water partition coefficient (Wildman–Crippen LogP) is 4.16. The second-order valence-electron chi connectivity index (χ2n) is 9.53. The zero-order chi connectivity index (χ0) is 15.7. The minimum Gasteiger partial charge on any atom is -0.317 e. The van der Waals surface area contributed by atoms with E-state index in [1.54, 1.807) is 0 Å². The first-order valence-electron chi connectivity index (χ1n) is 9.11. The fourth-order valence-electron chi connectivity index (χ4n) is 4.66. The van der Waals surface area contributed by atoms with Crippen molar-refractivity contribution in [3.8, 4) is 0 Å². The van der Waals surface area contributed by atoms with Gasteiger partial charge in [-0.25, -0.2) is 0 Å². The van der Waals surface area contributed by atoms with Crippen LogP contribution in [0, 0.1) is 22.7 Å². The third-order valence-electron chi connectivity index (χ3n) is 6.05. The fourth-order valence-corrected chi connectivity index (χ4v) is 4.66. The van der Waals surface area contributed by atoms with Crippen LogP contribution in [0.15, 0.2) is 0 Å². The molecule has 2 rings (SSSR count). The van der Waals surface area contributed by atoms with Gasteiger partial charge in [0.15, 0.2) is 0 Å². The molecule has 1 saturated heterocycles. The van der Waals surface area contributed by atoms with E-state index in [1.165, 1.54) is 51.7 Å². The summed E-state index contributed by atoms with van der Waals surface area (Å²) in [5.41, 5.74) is 0.990. The zero-order valence-corrected chi connectivity index (χ0v) is 15.3. The molecule has 0 aromatic heterocycles. The van der Waals surface area contributed by atoms with Crippen LogP contribution in [0.25, 0.3) is 0 Å². The highest BCUT2D eigenvalue weighted by atomic mass is 15.1. The first kappa shape index (κ1) is 17.3. The van der Waals surface area contributed by atoms with Gasteiger partial charge in [-0.15, -0.1) is 0 Å². The van der Waals surface area contributed by atoms with Gasteiger partial charge in [-0.05, 0) is 68.4 Å². The molecule has 3 unspecified atom stereocenters. The van der Waals surface area contributed by atoms with Gasteiger partial charge in [0.1, 0.15) is 0 Å². The van der Waals surface area contributed by atoms with E-state index in [0.717, 1.165) is 17.9 Å². The highest BCUT2D eigenvalue weighted by Crippen LogP contribution is 2.41. The molecule has 1 saturated carbocycles. The maximum Gasteiger partial charge on any atom is 0.0105 e. The average Bonchev–Trinajstić information content (AvgIpc) is 2.36. The number of hydrogen-bond acceptors (Lipinski definition) is 2. The van der Waals surface area contributed by atoms with E-state index < -0.39 is 0 Å². The van der Waals surface area contributed by atoms with E-state index in [1.807, 2.05) is 0 Å². The molecule has 2 heteroatoms. The first-order chi connectivity index (χ1) is 9.71. The van der Waals surface area contributed by atoms with Gasteiger partial charge in [-0.3, -0.25) is 0 Å². The van der Waals surface area contributed by atoms with E-state index in [4.69, 9.17) is 0 Å². The molecular formula is C19H38N2. The largest absolute Gasteiger partial charge is 0.317 e. The van der Waals surface area contributed by atoms with Crippen LogP contribution in [0.1, 0.15) is 66.7 Å². The topological polar surface area (TPSA) is 15.3 Å². The molecule has 1 heterocycles. The number of likely N-dealkylation sites (tertiary alicyclic amines) is 1. The highest BCUT2D eigenvalue weighted by molar-refractivity contribution is 4.91. The SMILES string of the molecule is CNC1CCC(C(C)(C)C)CC1CN1CCCC(C)(C)C1. The molecule has 1 aliphatic carbocycles. The lowest BCUT2D eigenvalue weighted by atomic mass is 9.67. The number of nitrogens with zero attached hydrogens (tertiary/aromatic N) is 1. The molecule has 1 N–H and O–H groups in total. The van der Waals surface area contributed by atoms with Crippen molar-refractivity contribution in [2.75, 3.05) is 26.7 Å². The molecule has 21 heavy (non-hydrogen) atoms. The molecule has 0 amide bonds. The molecule has 2 aliphatic rings. The van der Waals surface area contributed by atoms with Crippen molar-refractivity contribution in [3.05, 3.63) is 0 Å². The summed E-state index contributed by atoms with van der Waals surface area (Å²) in [6, 6.07) is 0.730. The van der Waals surface area contributed by atoms with Crippen LogP contribution in [0.4, 0.5) is 0 Å². The molecule has 3 atom stereocenters. The average molecular weight is 295 g/mol. The summed E-state index contributed by atoms with van der Waals surface area (Å²) in [5.74, 6) is 1.73. The van der Waals surface area contributed by atoms with Crippen LogP contribution in [0.5, 0.6) is 0 Å². The number of nitrogens with one attached hydrogen (secondary N) is 1. The highest BCUT2D eigenvalue weighted by Gasteiger charge is 2.37. The Morgan fingerprint density at radius 2 is 1.90 bits per heavy atom. The van der Waals surface area contributed by atoms with Crippen molar-refractivity contribution in [2.24, 2.45) is 22.7 Å². The van der Waals surface area contributed by atoms with E-state index in [9.17, 15) is 0 Å². The molecule has 0 spiro atoms. The normalized spacial score (nSPS) is 34.9. The lowest BCUT2D eigenvalue weighted by molar-refractivity contribution is 0.0564. The van der Waals surface area contributed by atoms with Crippen molar-refractivity contribution in [1.29, 1.82) is 0 Å². The summed E-state index contributed by atoms with van der Waals surface area (Å²) < 4.78 is 0. The van der Waals surface area contributed by atoms with Gasteiger partial charge in [0.05, 0.1) is 0 Å². The molecule has 0 bridgehead atoms. The lowest BCUT2D eigenvalue weighted by Gasteiger charge is -2.45. The molecule has 0 radical (unpaired) electrons. The minimum absolute atomic E-state index is 0.470. The summed E-state index contributed by atoms with van der Waals surface area (Å²) in [4.78, 5) is 2.75. The lowest BCUT2D eigenvalue weighted by Crippen LogP contribution is -2.49. The quantitative estimate of drug-likeness (QED) is 0.841. The molecule has 2 nitrogen and oxygen atoms in total. The second-order valence-corrected chi connectivity index (χ2v) is 9.53. The van der Waals surface area contributed by atoms with Gasteiger partial charge in [0, 0.05) is 19.1 Å². The van der Waals surface area contributed by atoms with Crippen LogP contribution in [0.2, 0.25) is 0 Å². The smallest absolute Gasteiger partial charge is 0.0105 e. The van der Waals surface area contributed by atoms with Crippen LogP contribution in [0.3, 0.4) is 0 Å². The number of hydrogen-bond donors (Lipinski definition) is 1. The van der Waals surface area contributed by atoms with Crippen LogP contribution >= 0.6 is 0 Å². The maximum absolute atomic E-state index is 3.61. The summed E-state index contributed by atoms with van der Waals surface area (Å²) in [6.07, 6.45) is 6.95. The molecule has 0 aromatic carbocycles. The van der Waals surface area contributed by atoms with E-state index in [0.29, 0.717) is 10.8 Å². The first-order valence-corrected chi connectivity index (χ1v) is 9.11. The Bertz CT molecular complexity index is 329. The summed E-state index contributed by atoms with van der Waals surface area (Å²) in [6.45, 7) is 16.1. The molecule has 0 aromatic rings. The minimum atomic E-state index is 0.470. The second kappa shape index (κ2) is 6.58. The van der Waals surface area contributed by atoms with Crippen molar-refractivity contribution in [2.45, 2.75) is 72.8 Å². The third kappa shape index (κ3) is 4.69. The van der Waals surface area contributed by atoms with Crippen molar-refractivity contribution in [1.82, 2.24) is 10.2 Å². The van der Waals surface area contributed by atoms with Crippen molar-refractivity contribution >= 4 is 0 Å². The van der Waals surface area contributed by atoms with E-state index in [2.05, 4.69) is 51.9 Å². The van der Waals surface area contributed by atoms with Gasteiger partial charge in [-0.1, -0.05) is 34.6 Å². The Labute approximate surface area is 133 Å². The van der Waals surface area contributed by atoms with Crippen LogP contribution in [-0.4, -0.2) is 37.6 Å². The number of piperidine rings is 1. The van der Waals surface area contributed by atoms with Crippen molar-refractivity contribution in [3.63, 3.8) is 0 Å². The third-order valence-corrected chi connectivity index (χ3v) is 6.05.